The van der Waals surface area contributed by atoms with Crippen LogP contribution in [0.1, 0.15) is 35.3 Å². The van der Waals surface area contributed by atoms with Gasteiger partial charge in [-0.05, 0) is 49.6 Å². The maximum atomic E-state index is 12.4. The highest BCUT2D eigenvalue weighted by Gasteiger charge is 2.18. The lowest BCUT2D eigenvalue weighted by molar-refractivity contribution is 0.0718. The number of hydrogen-bond donors (Lipinski definition) is 1. The number of nitrogens with zero attached hydrogens (tertiary/aromatic N) is 3. The van der Waals surface area contributed by atoms with Crippen molar-refractivity contribution in [2.75, 3.05) is 18.4 Å². The normalized spacial score (nSPS) is 14.1. The van der Waals surface area contributed by atoms with Crippen LogP contribution in [0, 0.1) is 11.3 Å². The van der Waals surface area contributed by atoms with E-state index in [1.165, 1.54) is 6.42 Å². The van der Waals surface area contributed by atoms with Crippen molar-refractivity contribution in [3.05, 3.63) is 53.9 Å². The van der Waals surface area contributed by atoms with Crippen molar-refractivity contribution in [2.24, 2.45) is 0 Å². The van der Waals surface area contributed by atoms with E-state index in [1.807, 2.05) is 23.1 Å². The lowest BCUT2D eigenvalue weighted by Gasteiger charge is -2.26. The first kappa shape index (κ1) is 15.0. The van der Waals surface area contributed by atoms with E-state index in [1.54, 1.807) is 24.4 Å². The SMILES string of the molecule is N#Cc1cccc(Nc2ccc(C(=O)N3CCCCC3)nc2)c1. The largest absolute Gasteiger partial charge is 0.354 e. The van der Waals surface area contributed by atoms with Crippen LogP contribution in [0.3, 0.4) is 0 Å². The van der Waals surface area contributed by atoms with Gasteiger partial charge in [0.1, 0.15) is 5.69 Å². The molecule has 2 heterocycles. The minimum Gasteiger partial charge on any atom is -0.354 e. The summed E-state index contributed by atoms with van der Waals surface area (Å²) in [4.78, 5) is 18.5. The maximum absolute atomic E-state index is 12.4. The summed E-state index contributed by atoms with van der Waals surface area (Å²) in [6.07, 6.45) is 4.99. The molecule has 0 radical (unpaired) electrons. The molecule has 0 atom stereocenters. The number of amides is 1. The summed E-state index contributed by atoms with van der Waals surface area (Å²) in [5, 5.41) is 12.1. The molecule has 1 fully saturated rings. The standard InChI is InChI=1S/C18H18N4O/c19-12-14-5-4-6-15(11-14)21-16-7-8-17(20-13-16)18(23)22-9-2-1-3-10-22/h4-8,11,13,21H,1-3,9-10H2. The third-order valence-corrected chi connectivity index (χ3v) is 3.91. The van der Waals surface area contributed by atoms with E-state index in [0.717, 1.165) is 37.3 Å². The quantitative estimate of drug-likeness (QED) is 0.944. The topological polar surface area (TPSA) is 69.0 Å². The fourth-order valence-corrected chi connectivity index (χ4v) is 2.69. The van der Waals surface area contributed by atoms with Gasteiger partial charge < -0.3 is 10.2 Å². The van der Waals surface area contributed by atoms with Gasteiger partial charge in [-0.2, -0.15) is 5.26 Å². The molecule has 1 aromatic heterocycles. The first-order valence-corrected chi connectivity index (χ1v) is 7.79. The summed E-state index contributed by atoms with van der Waals surface area (Å²) in [6.45, 7) is 1.64. The molecule has 0 unspecified atom stereocenters. The minimum absolute atomic E-state index is 0.00253. The van der Waals surface area contributed by atoms with Gasteiger partial charge in [0.05, 0.1) is 23.5 Å². The van der Waals surface area contributed by atoms with Crippen LogP contribution in [0.4, 0.5) is 11.4 Å². The molecule has 116 valence electrons. The predicted octanol–water partition coefficient (Wildman–Crippen LogP) is 3.32. The van der Waals surface area contributed by atoms with Crippen molar-refractivity contribution >= 4 is 17.3 Å². The number of likely N-dealkylation sites (tertiary alicyclic amines) is 1. The number of anilines is 2. The van der Waals surface area contributed by atoms with Crippen LogP contribution in [0.2, 0.25) is 0 Å². The molecule has 1 amide bonds. The average molecular weight is 306 g/mol. The van der Waals surface area contributed by atoms with E-state index in [9.17, 15) is 4.79 Å². The van der Waals surface area contributed by atoms with E-state index in [0.29, 0.717) is 11.3 Å². The molecular weight excluding hydrogens is 288 g/mol. The zero-order valence-electron chi connectivity index (χ0n) is 12.8. The average Bonchev–Trinajstić information content (AvgIpc) is 2.63. The van der Waals surface area contributed by atoms with Crippen molar-refractivity contribution < 1.29 is 4.79 Å². The highest BCUT2D eigenvalue weighted by molar-refractivity contribution is 5.92. The smallest absolute Gasteiger partial charge is 0.272 e. The summed E-state index contributed by atoms with van der Waals surface area (Å²) in [5.41, 5.74) is 2.68. The van der Waals surface area contributed by atoms with E-state index in [2.05, 4.69) is 16.4 Å². The molecule has 0 aliphatic carbocycles. The molecule has 2 aromatic rings. The third kappa shape index (κ3) is 3.67. The Labute approximate surface area is 135 Å². The second-order valence-corrected chi connectivity index (χ2v) is 5.60. The second-order valence-electron chi connectivity index (χ2n) is 5.60. The van der Waals surface area contributed by atoms with Crippen molar-refractivity contribution in [3.8, 4) is 6.07 Å². The summed E-state index contributed by atoms with van der Waals surface area (Å²) in [5.74, 6) is 0.00253. The molecule has 1 aliphatic rings. The summed E-state index contributed by atoms with van der Waals surface area (Å²) < 4.78 is 0. The Morgan fingerprint density at radius 1 is 1.13 bits per heavy atom. The molecule has 1 saturated heterocycles. The van der Waals surface area contributed by atoms with Crippen LogP contribution in [-0.2, 0) is 0 Å². The van der Waals surface area contributed by atoms with Gasteiger partial charge >= 0.3 is 0 Å². The summed E-state index contributed by atoms with van der Waals surface area (Å²) >= 11 is 0. The number of aromatic nitrogens is 1. The number of carbonyl (C=O) groups excluding carboxylic acids is 1. The Hall–Kier alpha value is -2.87. The number of hydrogen-bond acceptors (Lipinski definition) is 4. The highest BCUT2D eigenvalue weighted by Crippen LogP contribution is 2.18. The Kier molecular flexibility index (Phi) is 4.53. The van der Waals surface area contributed by atoms with Crippen LogP contribution in [0.15, 0.2) is 42.6 Å². The van der Waals surface area contributed by atoms with Crippen molar-refractivity contribution in [2.45, 2.75) is 19.3 Å². The van der Waals surface area contributed by atoms with Crippen LogP contribution < -0.4 is 5.32 Å². The fraction of sp³-hybridized carbons (Fsp3) is 0.278. The fourth-order valence-electron chi connectivity index (χ4n) is 2.69. The third-order valence-electron chi connectivity index (χ3n) is 3.91. The molecule has 23 heavy (non-hydrogen) atoms. The van der Waals surface area contributed by atoms with Gasteiger partial charge in [0.15, 0.2) is 0 Å². The predicted molar refractivity (Wildman–Crippen MR) is 88.4 cm³/mol. The molecule has 1 aliphatic heterocycles. The molecule has 0 bridgehead atoms. The van der Waals surface area contributed by atoms with E-state index in [-0.39, 0.29) is 5.91 Å². The number of benzene rings is 1. The van der Waals surface area contributed by atoms with Crippen LogP contribution in [0.5, 0.6) is 0 Å². The van der Waals surface area contributed by atoms with Gasteiger partial charge in [-0.15, -0.1) is 0 Å². The zero-order chi connectivity index (χ0) is 16.1. The molecule has 5 nitrogen and oxygen atoms in total. The Morgan fingerprint density at radius 2 is 1.96 bits per heavy atom. The van der Waals surface area contributed by atoms with Crippen LogP contribution in [0.25, 0.3) is 0 Å². The van der Waals surface area contributed by atoms with E-state index >= 15 is 0 Å². The molecule has 5 heteroatoms. The molecule has 0 spiro atoms. The number of carbonyl (C=O) groups is 1. The van der Waals surface area contributed by atoms with E-state index in [4.69, 9.17) is 5.26 Å². The number of nitrogens with one attached hydrogen (secondary N) is 1. The molecule has 3 rings (SSSR count). The second kappa shape index (κ2) is 6.93. The first-order valence-electron chi connectivity index (χ1n) is 7.79. The van der Waals surface area contributed by atoms with E-state index < -0.39 is 0 Å². The lowest BCUT2D eigenvalue weighted by atomic mass is 10.1. The summed E-state index contributed by atoms with van der Waals surface area (Å²) in [6, 6.07) is 12.9. The van der Waals surface area contributed by atoms with Crippen molar-refractivity contribution in [1.29, 1.82) is 5.26 Å². The Bertz CT molecular complexity index is 727. The highest BCUT2D eigenvalue weighted by atomic mass is 16.2. The summed E-state index contributed by atoms with van der Waals surface area (Å²) in [7, 11) is 0. The molecular formula is C18H18N4O. The van der Waals surface area contributed by atoms with Crippen molar-refractivity contribution in [3.63, 3.8) is 0 Å². The van der Waals surface area contributed by atoms with Crippen molar-refractivity contribution in [1.82, 2.24) is 9.88 Å². The Morgan fingerprint density at radius 3 is 2.65 bits per heavy atom. The van der Waals surface area contributed by atoms with Crippen LogP contribution in [-0.4, -0.2) is 28.9 Å². The van der Waals surface area contributed by atoms with Gasteiger partial charge in [0.2, 0.25) is 0 Å². The molecule has 1 aromatic carbocycles. The Balaban J connectivity index is 1.69. The van der Waals surface area contributed by atoms with Gasteiger partial charge in [-0.25, -0.2) is 4.98 Å². The number of piperidine rings is 1. The number of rotatable bonds is 3. The van der Waals surface area contributed by atoms with Gasteiger partial charge in [-0.3, -0.25) is 4.79 Å². The van der Waals surface area contributed by atoms with Crippen LogP contribution >= 0.6 is 0 Å². The molecule has 0 saturated carbocycles. The number of pyridine rings is 1. The maximum Gasteiger partial charge on any atom is 0.272 e. The molecule has 1 N–H and O–H groups in total. The van der Waals surface area contributed by atoms with Gasteiger partial charge in [0.25, 0.3) is 5.91 Å². The van der Waals surface area contributed by atoms with Gasteiger partial charge in [0, 0.05) is 18.8 Å². The minimum atomic E-state index is 0.00253. The zero-order valence-corrected chi connectivity index (χ0v) is 12.8. The number of nitriles is 1. The van der Waals surface area contributed by atoms with Gasteiger partial charge in [-0.1, -0.05) is 6.07 Å². The lowest BCUT2D eigenvalue weighted by Crippen LogP contribution is -2.36. The first-order chi connectivity index (χ1) is 11.3. The monoisotopic (exact) mass is 306 g/mol.